The van der Waals surface area contributed by atoms with Crippen LogP contribution in [0.15, 0.2) is 24.3 Å². The van der Waals surface area contributed by atoms with Gasteiger partial charge in [-0.05, 0) is 31.9 Å². The maximum atomic E-state index is 12.6. The van der Waals surface area contributed by atoms with Crippen LogP contribution in [0.4, 0.5) is 5.69 Å². The van der Waals surface area contributed by atoms with Crippen molar-refractivity contribution in [3.8, 4) is 0 Å². The molecule has 0 spiro atoms. The second-order valence-electron chi connectivity index (χ2n) is 6.92. The maximum absolute atomic E-state index is 12.6. The molecule has 1 aliphatic heterocycles. The van der Waals surface area contributed by atoms with Crippen LogP contribution in [0.25, 0.3) is 0 Å². The first-order chi connectivity index (χ1) is 11.0. The molecule has 1 aromatic carbocycles. The van der Waals surface area contributed by atoms with Gasteiger partial charge in [0.15, 0.2) is 0 Å². The van der Waals surface area contributed by atoms with E-state index in [9.17, 15) is 9.59 Å². The number of hydrogen-bond acceptors (Lipinski definition) is 3. The van der Waals surface area contributed by atoms with Crippen LogP contribution in [0.3, 0.4) is 0 Å². The van der Waals surface area contributed by atoms with Gasteiger partial charge in [-0.1, -0.05) is 30.5 Å². The molecule has 1 saturated heterocycles. The average Bonchev–Trinajstić information content (AvgIpc) is 3.16. The Morgan fingerprint density at radius 3 is 2.50 bits per heavy atom. The van der Waals surface area contributed by atoms with Crippen LogP contribution in [0.2, 0.25) is 0 Å². The zero-order valence-corrected chi connectivity index (χ0v) is 14.9. The lowest BCUT2D eigenvalue weighted by Gasteiger charge is -2.30. The number of nitrogens with zero attached hydrogens (tertiary/aromatic N) is 1. The summed E-state index contributed by atoms with van der Waals surface area (Å²) in [5, 5.41) is 3.14. The molecule has 2 amide bonds. The summed E-state index contributed by atoms with van der Waals surface area (Å²) in [6.07, 6.45) is 4.38. The van der Waals surface area contributed by atoms with Crippen LogP contribution >= 0.6 is 12.4 Å². The molecule has 0 bridgehead atoms. The fraction of sp³-hybridized carbons (Fsp3) is 0.556. The Kier molecular flexibility index (Phi) is 5.88. The molecule has 3 N–H and O–H groups in total. The van der Waals surface area contributed by atoms with Crippen molar-refractivity contribution in [2.45, 2.75) is 44.6 Å². The first-order valence-electron chi connectivity index (χ1n) is 8.42. The van der Waals surface area contributed by atoms with Crippen molar-refractivity contribution in [3.05, 3.63) is 29.8 Å². The standard InChI is InChI=1S/C18H25N3O2.ClH/c1-13-4-6-15(7-5-13)21-11-14(10-16(21)22)17(23)20-18(12-19)8-2-3-9-18;/h4-7,14H,2-3,8-12,19H2,1H3,(H,20,23);1H. The second kappa shape index (κ2) is 7.53. The number of nitrogens with one attached hydrogen (secondary N) is 1. The molecule has 0 aromatic heterocycles. The van der Waals surface area contributed by atoms with E-state index < -0.39 is 0 Å². The Balaban J connectivity index is 0.00000208. The van der Waals surface area contributed by atoms with Gasteiger partial charge in [0.2, 0.25) is 11.8 Å². The fourth-order valence-electron chi connectivity index (χ4n) is 3.65. The summed E-state index contributed by atoms with van der Waals surface area (Å²) < 4.78 is 0. The van der Waals surface area contributed by atoms with E-state index in [4.69, 9.17) is 5.73 Å². The normalized spacial score (nSPS) is 22.3. The van der Waals surface area contributed by atoms with Crippen molar-refractivity contribution in [2.75, 3.05) is 18.0 Å². The third kappa shape index (κ3) is 3.73. The van der Waals surface area contributed by atoms with Crippen LogP contribution in [0.5, 0.6) is 0 Å². The third-order valence-electron chi connectivity index (χ3n) is 5.18. The van der Waals surface area contributed by atoms with Crippen LogP contribution in [-0.4, -0.2) is 30.4 Å². The van der Waals surface area contributed by atoms with E-state index in [1.54, 1.807) is 4.90 Å². The van der Waals surface area contributed by atoms with Gasteiger partial charge in [0.25, 0.3) is 0 Å². The number of halogens is 1. The Labute approximate surface area is 149 Å². The third-order valence-corrected chi connectivity index (χ3v) is 5.18. The second-order valence-corrected chi connectivity index (χ2v) is 6.92. The molecule has 1 saturated carbocycles. The van der Waals surface area contributed by atoms with Crippen molar-refractivity contribution in [1.29, 1.82) is 0 Å². The highest BCUT2D eigenvalue weighted by Crippen LogP contribution is 2.30. The van der Waals surface area contributed by atoms with Gasteiger partial charge in [-0.3, -0.25) is 9.59 Å². The fourth-order valence-corrected chi connectivity index (χ4v) is 3.65. The number of carbonyl (C=O) groups is 2. The lowest BCUT2D eigenvalue weighted by atomic mass is 9.96. The summed E-state index contributed by atoms with van der Waals surface area (Å²) >= 11 is 0. The predicted octanol–water partition coefficient (Wildman–Crippen LogP) is 2.16. The number of carbonyl (C=O) groups excluding carboxylic acids is 2. The number of amides is 2. The van der Waals surface area contributed by atoms with E-state index in [1.807, 2.05) is 31.2 Å². The molecular weight excluding hydrogens is 326 g/mol. The summed E-state index contributed by atoms with van der Waals surface area (Å²) in [7, 11) is 0. The average molecular weight is 352 g/mol. The van der Waals surface area contributed by atoms with Gasteiger partial charge in [-0.15, -0.1) is 12.4 Å². The van der Waals surface area contributed by atoms with Gasteiger partial charge in [0.1, 0.15) is 0 Å². The summed E-state index contributed by atoms with van der Waals surface area (Å²) in [5.41, 5.74) is 7.65. The van der Waals surface area contributed by atoms with Crippen LogP contribution in [0, 0.1) is 12.8 Å². The van der Waals surface area contributed by atoms with Gasteiger partial charge in [-0.2, -0.15) is 0 Å². The van der Waals surface area contributed by atoms with Crippen molar-refractivity contribution in [2.24, 2.45) is 11.7 Å². The van der Waals surface area contributed by atoms with E-state index in [-0.39, 0.29) is 42.1 Å². The summed E-state index contributed by atoms with van der Waals surface area (Å²) in [6.45, 7) is 2.94. The lowest BCUT2D eigenvalue weighted by Crippen LogP contribution is -2.53. The lowest BCUT2D eigenvalue weighted by molar-refractivity contribution is -0.127. The zero-order valence-electron chi connectivity index (χ0n) is 14.1. The maximum Gasteiger partial charge on any atom is 0.227 e. The Hall–Kier alpha value is -1.59. The molecule has 6 heteroatoms. The number of aryl methyl sites for hydroxylation is 1. The van der Waals surface area contributed by atoms with Crippen molar-refractivity contribution in [3.63, 3.8) is 0 Å². The molecule has 1 heterocycles. The molecule has 2 fully saturated rings. The highest BCUT2D eigenvalue weighted by Gasteiger charge is 2.40. The number of rotatable bonds is 4. The summed E-state index contributed by atoms with van der Waals surface area (Å²) in [5.74, 6) is -0.296. The molecule has 1 aromatic rings. The van der Waals surface area contributed by atoms with E-state index in [0.29, 0.717) is 13.1 Å². The number of benzene rings is 1. The molecule has 132 valence electrons. The van der Waals surface area contributed by atoms with E-state index in [0.717, 1.165) is 36.9 Å². The largest absolute Gasteiger partial charge is 0.349 e. The summed E-state index contributed by atoms with van der Waals surface area (Å²) in [6, 6.07) is 7.84. The SMILES string of the molecule is Cc1ccc(N2CC(C(=O)NC3(CN)CCCC3)CC2=O)cc1.Cl. The van der Waals surface area contributed by atoms with Gasteiger partial charge in [0.05, 0.1) is 11.5 Å². The molecule has 24 heavy (non-hydrogen) atoms. The molecule has 1 unspecified atom stereocenters. The van der Waals surface area contributed by atoms with Crippen LogP contribution in [0.1, 0.15) is 37.7 Å². The minimum Gasteiger partial charge on any atom is -0.349 e. The molecular formula is C18H26ClN3O2. The number of hydrogen-bond donors (Lipinski definition) is 2. The Morgan fingerprint density at radius 2 is 1.92 bits per heavy atom. The van der Waals surface area contributed by atoms with Crippen LogP contribution < -0.4 is 16.0 Å². The van der Waals surface area contributed by atoms with Crippen molar-refractivity contribution < 1.29 is 9.59 Å². The van der Waals surface area contributed by atoms with Gasteiger partial charge < -0.3 is 16.0 Å². The topological polar surface area (TPSA) is 75.4 Å². The predicted molar refractivity (Wildman–Crippen MR) is 97.3 cm³/mol. The molecule has 1 atom stereocenters. The Bertz CT molecular complexity index is 597. The van der Waals surface area contributed by atoms with E-state index in [1.165, 1.54) is 0 Å². The van der Waals surface area contributed by atoms with Crippen molar-refractivity contribution >= 4 is 29.9 Å². The summed E-state index contributed by atoms with van der Waals surface area (Å²) in [4.78, 5) is 26.6. The Morgan fingerprint density at radius 1 is 1.29 bits per heavy atom. The first-order valence-corrected chi connectivity index (χ1v) is 8.42. The monoisotopic (exact) mass is 351 g/mol. The first kappa shape index (κ1) is 18.7. The van der Waals surface area contributed by atoms with E-state index in [2.05, 4.69) is 5.32 Å². The highest BCUT2D eigenvalue weighted by atomic mass is 35.5. The molecule has 3 rings (SSSR count). The van der Waals surface area contributed by atoms with Gasteiger partial charge in [0, 0.05) is 25.2 Å². The number of anilines is 1. The van der Waals surface area contributed by atoms with Gasteiger partial charge in [-0.25, -0.2) is 0 Å². The highest BCUT2D eigenvalue weighted by molar-refractivity contribution is 6.00. The molecule has 0 radical (unpaired) electrons. The zero-order chi connectivity index (χ0) is 16.4. The van der Waals surface area contributed by atoms with Crippen molar-refractivity contribution in [1.82, 2.24) is 5.32 Å². The quantitative estimate of drug-likeness (QED) is 0.872. The molecule has 2 aliphatic rings. The van der Waals surface area contributed by atoms with Crippen LogP contribution in [-0.2, 0) is 9.59 Å². The minimum absolute atomic E-state index is 0. The number of nitrogens with two attached hydrogens (primary N) is 1. The van der Waals surface area contributed by atoms with Gasteiger partial charge >= 0.3 is 0 Å². The minimum atomic E-state index is -0.284. The smallest absolute Gasteiger partial charge is 0.227 e. The molecule has 1 aliphatic carbocycles. The molecule has 5 nitrogen and oxygen atoms in total. The van der Waals surface area contributed by atoms with E-state index >= 15 is 0 Å².